The Bertz CT molecular complexity index is 987. The van der Waals surface area contributed by atoms with E-state index in [2.05, 4.69) is 14.8 Å². The highest BCUT2D eigenvalue weighted by molar-refractivity contribution is 7.99. The second-order valence-corrected chi connectivity index (χ2v) is 8.76. The maximum atomic E-state index is 10.6. The Kier molecular flexibility index (Phi) is 7.14. The first-order chi connectivity index (χ1) is 15.2. The van der Waals surface area contributed by atoms with Crippen molar-refractivity contribution in [3.8, 4) is 22.9 Å². The van der Waals surface area contributed by atoms with E-state index in [-0.39, 0.29) is 0 Å². The van der Waals surface area contributed by atoms with Crippen LogP contribution in [0.3, 0.4) is 0 Å². The van der Waals surface area contributed by atoms with Crippen LogP contribution in [-0.4, -0.2) is 39.8 Å². The van der Waals surface area contributed by atoms with Gasteiger partial charge in [-0.3, -0.25) is 4.57 Å². The minimum Gasteiger partial charge on any atom is -0.493 e. The van der Waals surface area contributed by atoms with Crippen molar-refractivity contribution in [2.45, 2.75) is 49.4 Å². The summed E-state index contributed by atoms with van der Waals surface area (Å²) in [6.45, 7) is 0. The Balaban J connectivity index is 1.64. The quantitative estimate of drug-likeness (QED) is 0.481. The molecule has 31 heavy (non-hydrogen) atoms. The Hall–Kier alpha value is -2.51. The molecule has 3 aromatic rings. The first-order valence-corrected chi connectivity index (χ1v) is 11.7. The highest BCUT2D eigenvalue weighted by Crippen LogP contribution is 2.38. The molecule has 1 atom stereocenters. The van der Waals surface area contributed by atoms with E-state index in [1.54, 1.807) is 26.0 Å². The maximum absolute atomic E-state index is 10.6. The third-order valence-corrected chi connectivity index (χ3v) is 6.82. The number of hydrogen-bond acceptors (Lipinski definition) is 6. The molecule has 1 aliphatic rings. The summed E-state index contributed by atoms with van der Waals surface area (Å²) in [5.74, 6) is 2.73. The molecule has 164 valence electrons. The van der Waals surface area contributed by atoms with Crippen LogP contribution in [0.2, 0.25) is 0 Å². The molecule has 0 aliphatic heterocycles. The monoisotopic (exact) mass is 439 g/mol. The Morgan fingerprint density at radius 3 is 2.45 bits per heavy atom. The lowest BCUT2D eigenvalue weighted by atomic mass is 9.95. The van der Waals surface area contributed by atoms with E-state index in [1.165, 1.54) is 19.3 Å². The molecule has 1 unspecified atom stereocenters. The highest BCUT2D eigenvalue weighted by Gasteiger charge is 2.25. The van der Waals surface area contributed by atoms with Gasteiger partial charge in [0.15, 0.2) is 22.5 Å². The van der Waals surface area contributed by atoms with Crippen molar-refractivity contribution < 1.29 is 14.6 Å². The molecule has 1 aromatic heterocycles. The summed E-state index contributed by atoms with van der Waals surface area (Å²) >= 11 is 1.56. The normalized spacial score (nSPS) is 15.6. The zero-order valence-electron chi connectivity index (χ0n) is 18.0. The Morgan fingerprint density at radius 1 is 1.00 bits per heavy atom. The Labute approximate surface area is 187 Å². The van der Waals surface area contributed by atoms with Gasteiger partial charge in [0.25, 0.3) is 0 Å². The van der Waals surface area contributed by atoms with Crippen LogP contribution in [0, 0.1) is 0 Å². The standard InChI is InChI=1S/C24H29N3O3S/c1-29-21-14-13-18(15-22(21)30-2)23-25-26-24(27(23)19-11-7-4-8-12-19)31-16-20(28)17-9-5-3-6-10-17/h3,5-6,9-10,13-15,19-20,28H,4,7-8,11-12,16H2,1-2H3. The number of nitrogens with zero attached hydrogens (tertiary/aromatic N) is 3. The van der Waals surface area contributed by atoms with Crippen molar-refractivity contribution in [1.82, 2.24) is 14.8 Å². The summed E-state index contributed by atoms with van der Waals surface area (Å²) in [5.41, 5.74) is 1.87. The molecule has 1 aliphatic carbocycles. The van der Waals surface area contributed by atoms with E-state index in [0.29, 0.717) is 23.3 Å². The van der Waals surface area contributed by atoms with E-state index < -0.39 is 6.10 Å². The lowest BCUT2D eigenvalue weighted by molar-refractivity contribution is 0.204. The number of benzene rings is 2. The van der Waals surface area contributed by atoms with Crippen LogP contribution in [0.4, 0.5) is 0 Å². The molecule has 0 bridgehead atoms. The van der Waals surface area contributed by atoms with Crippen molar-refractivity contribution in [2.75, 3.05) is 20.0 Å². The fourth-order valence-corrected chi connectivity index (χ4v) is 5.11. The average molecular weight is 440 g/mol. The smallest absolute Gasteiger partial charge is 0.191 e. The van der Waals surface area contributed by atoms with Crippen LogP contribution in [0.25, 0.3) is 11.4 Å². The van der Waals surface area contributed by atoms with Crippen LogP contribution in [0.1, 0.15) is 49.8 Å². The molecule has 0 radical (unpaired) electrons. The molecule has 1 saturated carbocycles. The average Bonchev–Trinajstić information content (AvgIpc) is 3.27. The van der Waals surface area contributed by atoms with Gasteiger partial charge in [-0.15, -0.1) is 10.2 Å². The summed E-state index contributed by atoms with van der Waals surface area (Å²) in [5, 5.41) is 20.6. The Morgan fingerprint density at radius 2 is 1.74 bits per heavy atom. The van der Waals surface area contributed by atoms with Crippen LogP contribution in [-0.2, 0) is 0 Å². The molecule has 0 amide bonds. The molecule has 4 rings (SSSR count). The number of aliphatic hydroxyl groups is 1. The molecule has 2 aromatic carbocycles. The van der Waals surface area contributed by atoms with E-state index >= 15 is 0 Å². The van der Waals surface area contributed by atoms with Gasteiger partial charge in [0.05, 0.1) is 20.3 Å². The number of thioether (sulfide) groups is 1. The van der Waals surface area contributed by atoms with Crippen molar-refractivity contribution in [1.29, 1.82) is 0 Å². The van der Waals surface area contributed by atoms with Gasteiger partial charge in [-0.1, -0.05) is 61.4 Å². The van der Waals surface area contributed by atoms with Gasteiger partial charge in [-0.2, -0.15) is 0 Å². The molecule has 1 N–H and O–H groups in total. The molecule has 1 heterocycles. The summed E-state index contributed by atoms with van der Waals surface area (Å²) in [6.07, 6.45) is 5.39. The zero-order valence-corrected chi connectivity index (χ0v) is 18.8. The van der Waals surface area contributed by atoms with Crippen molar-refractivity contribution in [3.05, 3.63) is 54.1 Å². The molecular weight excluding hydrogens is 410 g/mol. The number of methoxy groups -OCH3 is 2. The minimum absolute atomic E-state index is 0.364. The number of aliphatic hydroxyl groups excluding tert-OH is 1. The fraction of sp³-hybridized carbons (Fsp3) is 0.417. The molecule has 6 nitrogen and oxygen atoms in total. The van der Waals surface area contributed by atoms with Gasteiger partial charge < -0.3 is 14.6 Å². The van der Waals surface area contributed by atoms with Gasteiger partial charge in [0.1, 0.15) is 0 Å². The highest BCUT2D eigenvalue weighted by atomic mass is 32.2. The van der Waals surface area contributed by atoms with Gasteiger partial charge in [0.2, 0.25) is 0 Å². The van der Waals surface area contributed by atoms with Crippen LogP contribution in [0.5, 0.6) is 11.5 Å². The van der Waals surface area contributed by atoms with Crippen LogP contribution >= 0.6 is 11.8 Å². The van der Waals surface area contributed by atoms with E-state index in [1.807, 2.05) is 48.5 Å². The second kappa shape index (κ2) is 10.2. The molecule has 1 fully saturated rings. The minimum atomic E-state index is -0.549. The number of aromatic nitrogens is 3. The van der Waals surface area contributed by atoms with Gasteiger partial charge in [-0.25, -0.2) is 0 Å². The van der Waals surface area contributed by atoms with Crippen molar-refractivity contribution in [3.63, 3.8) is 0 Å². The third-order valence-electron chi connectivity index (χ3n) is 5.80. The van der Waals surface area contributed by atoms with Crippen molar-refractivity contribution in [2.24, 2.45) is 0 Å². The van der Waals surface area contributed by atoms with Gasteiger partial charge in [0, 0.05) is 17.4 Å². The fourth-order valence-electron chi connectivity index (χ4n) is 4.14. The molecule has 0 spiro atoms. The predicted molar refractivity (Wildman–Crippen MR) is 123 cm³/mol. The lowest BCUT2D eigenvalue weighted by Crippen LogP contribution is -2.15. The first kappa shape index (κ1) is 21.7. The van der Waals surface area contributed by atoms with Gasteiger partial charge in [-0.05, 0) is 36.6 Å². The van der Waals surface area contributed by atoms with Crippen molar-refractivity contribution >= 4 is 11.8 Å². The topological polar surface area (TPSA) is 69.4 Å². The first-order valence-electron chi connectivity index (χ1n) is 10.7. The number of hydrogen-bond donors (Lipinski definition) is 1. The summed E-state index contributed by atoms with van der Waals surface area (Å²) in [4.78, 5) is 0. The second-order valence-electron chi connectivity index (χ2n) is 7.78. The summed E-state index contributed by atoms with van der Waals surface area (Å²) < 4.78 is 13.2. The SMILES string of the molecule is COc1ccc(-c2nnc(SCC(O)c3ccccc3)n2C2CCCCC2)cc1OC. The molecule has 7 heteroatoms. The third kappa shape index (κ3) is 4.88. The predicted octanol–water partition coefficient (Wildman–Crippen LogP) is 5.29. The molecule has 0 saturated heterocycles. The van der Waals surface area contributed by atoms with E-state index in [0.717, 1.165) is 34.9 Å². The summed E-state index contributed by atoms with van der Waals surface area (Å²) in [6, 6.07) is 16.0. The molecular formula is C24H29N3O3S. The largest absolute Gasteiger partial charge is 0.493 e. The van der Waals surface area contributed by atoms with Gasteiger partial charge >= 0.3 is 0 Å². The number of ether oxygens (including phenoxy) is 2. The van der Waals surface area contributed by atoms with E-state index in [9.17, 15) is 5.11 Å². The van der Waals surface area contributed by atoms with Crippen LogP contribution < -0.4 is 9.47 Å². The van der Waals surface area contributed by atoms with Crippen LogP contribution in [0.15, 0.2) is 53.7 Å². The van der Waals surface area contributed by atoms with E-state index in [4.69, 9.17) is 9.47 Å². The zero-order chi connectivity index (χ0) is 21.6. The maximum Gasteiger partial charge on any atom is 0.191 e. The summed E-state index contributed by atoms with van der Waals surface area (Å²) in [7, 11) is 3.27. The number of rotatable bonds is 8. The lowest BCUT2D eigenvalue weighted by Gasteiger charge is -2.26.